The first-order chi connectivity index (χ1) is 8.80. The zero-order valence-electron chi connectivity index (χ0n) is 11.9. The Morgan fingerprint density at radius 2 is 1.89 bits per heavy atom. The van der Waals surface area contributed by atoms with Gasteiger partial charge in [-0.2, -0.15) is 0 Å². The third-order valence-electron chi connectivity index (χ3n) is 3.03. The molecule has 0 aliphatic heterocycles. The van der Waals surface area contributed by atoms with E-state index in [9.17, 15) is 4.79 Å². The van der Waals surface area contributed by atoms with Crippen molar-refractivity contribution in [2.24, 2.45) is 0 Å². The number of ketones is 1. The molecule has 0 radical (unpaired) electrons. The van der Waals surface area contributed by atoms with Crippen LogP contribution in [-0.2, 0) is 5.41 Å². The molecular weight excluding hydrogens is 256 g/mol. The maximum absolute atomic E-state index is 12.6. The predicted octanol–water partition coefficient (Wildman–Crippen LogP) is 3.68. The van der Waals surface area contributed by atoms with E-state index in [-0.39, 0.29) is 11.2 Å². The number of carbonyl (C=O) groups excluding carboxylic acids is 1. The third-order valence-corrected chi connectivity index (χ3v) is 3.76. The standard InChI is InChI=1S/C15H18N2OS/c1-9-6-7-11(10(2)8-9)12(18)13-14(15(3,4)5)16-17-19-13/h6-8H,1-5H3. The summed E-state index contributed by atoms with van der Waals surface area (Å²) in [6.45, 7) is 10.1. The zero-order valence-corrected chi connectivity index (χ0v) is 12.8. The van der Waals surface area contributed by atoms with Crippen molar-refractivity contribution < 1.29 is 4.79 Å². The van der Waals surface area contributed by atoms with Crippen LogP contribution in [0.5, 0.6) is 0 Å². The molecule has 2 rings (SSSR count). The Bertz CT molecular complexity index is 623. The van der Waals surface area contributed by atoms with E-state index in [1.165, 1.54) is 11.5 Å². The van der Waals surface area contributed by atoms with Crippen LogP contribution in [0.1, 0.15) is 52.8 Å². The summed E-state index contributed by atoms with van der Waals surface area (Å²) in [7, 11) is 0. The van der Waals surface area contributed by atoms with Crippen LogP contribution < -0.4 is 0 Å². The molecule has 19 heavy (non-hydrogen) atoms. The fourth-order valence-electron chi connectivity index (χ4n) is 2.02. The smallest absolute Gasteiger partial charge is 0.206 e. The molecule has 0 aliphatic carbocycles. The highest BCUT2D eigenvalue weighted by atomic mass is 32.1. The molecule has 0 N–H and O–H groups in total. The van der Waals surface area contributed by atoms with Gasteiger partial charge in [0.05, 0.1) is 5.69 Å². The number of hydrogen-bond donors (Lipinski definition) is 0. The van der Waals surface area contributed by atoms with Crippen LogP contribution in [-0.4, -0.2) is 15.4 Å². The minimum absolute atomic E-state index is 0.0254. The second-order valence-corrected chi connectivity index (χ2v) is 6.60. The summed E-state index contributed by atoms with van der Waals surface area (Å²) in [4.78, 5) is 13.3. The lowest BCUT2D eigenvalue weighted by Crippen LogP contribution is -2.17. The maximum atomic E-state index is 12.6. The van der Waals surface area contributed by atoms with Crippen LogP contribution in [0.4, 0.5) is 0 Å². The number of benzene rings is 1. The van der Waals surface area contributed by atoms with Gasteiger partial charge < -0.3 is 0 Å². The Hall–Kier alpha value is -1.55. The van der Waals surface area contributed by atoms with Crippen molar-refractivity contribution in [2.45, 2.75) is 40.0 Å². The van der Waals surface area contributed by atoms with Crippen molar-refractivity contribution >= 4 is 17.3 Å². The largest absolute Gasteiger partial charge is 0.288 e. The molecule has 3 nitrogen and oxygen atoms in total. The molecule has 100 valence electrons. The van der Waals surface area contributed by atoms with Gasteiger partial charge in [-0.25, -0.2) is 0 Å². The molecule has 0 fully saturated rings. The van der Waals surface area contributed by atoms with Gasteiger partial charge in [0.15, 0.2) is 0 Å². The van der Waals surface area contributed by atoms with Gasteiger partial charge in [0, 0.05) is 11.0 Å². The molecule has 1 aromatic carbocycles. The summed E-state index contributed by atoms with van der Waals surface area (Å²) < 4.78 is 3.95. The molecule has 0 saturated heterocycles. The Labute approximate surface area is 117 Å². The predicted molar refractivity (Wildman–Crippen MR) is 78.0 cm³/mol. The Kier molecular flexibility index (Phi) is 3.54. The average Bonchev–Trinajstić information content (AvgIpc) is 2.76. The summed E-state index contributed by atoms with van der Waals surface area (Å²) >= 11 is 1.18. The first-order valence-corrected chi connectivity index (χ1v) is 7.03. The van der Waals surface area contributed by atoms with Gasteiger partial charge >= 0.3 is 0 Å². The van der Waals surface area contributed by atoms with E-state index < -0.39 is 0 Å². The van der Waals surface area contributed by atoms with Crippen LogP contribution in [0.2, 0.25) is 0 Å². The molecule has 0 saturated carbocycles. The van der Waals surface area contributed by atoms with Gasteiger partial charge in [0.1, 0.15) is 4.88 Å². The maximum Gasteiger partial charge on any atom is 0.206 e. The molecule has 2 aromatic rings. The Morgan fingerprint density at radius 1 is 1.21 bits per heavy atom. The van der Waals surface area contributed by atoms with E-state index in [0.717, 1.165) is 22.4 Å². The van der Waals surface area contributed by atoms with E-state index in [0.29, 0.717) is 4.88 Å². The van der Waals surface area contributed by atoms with Gasteiger partial charge in [-0.05, 0) is 30.9 Å². The Morgan fingerprint density at radius 3 is 2.47 bits per heavy atom. The number of nitrogens with zero attached hydrogens (tertiary/aromatic N) is 2. The van der Waals surface area contributed by atoms with Gasteiger partial charge in [-0.1, -0.05) is 49.0 Å². The highest BCUT2D eigenvalue weighted by Crippen LogP contribution is 2.28. The lowest BCUT2D eigenvalue weighted by Gasteiger charge is -2.16. The molecule has 0 spiro atoms. The van der Waals surface area contributed by atoms with Crippen LogP contribution >= 0.6 is 11.5 Å². The summed E-state index contributed by atoms with van der Waals surface area (Å²) in [6.07, 6.45) is 0. The summed E-state index contributed by atoms with van der Waals surface area (Å²) in [5, 5.41) is 4.13. The highest BCUT2D eigenvalue weighted by Gasteiger charge is 2.27. The summed E-state index contributed by atoms with van der Waals surface area (Å²) in [5.74, 6) is 0.0254. The Balaban J connectivity index is 2.48. The minimum atomic E-state index is -0.170. The number of carbonyl (C=O) groups is 1. The van der Waals surface area contributed by atoms with Gasteiger partial charge in [0.2, 0.25) is 5.78 Å². The first-order valence-electron chi connectivity index (χ1n) is 6.25. The second kappa shape index (κ2) is 4.85. The number of aryl methyl sites for hydroxylation is 2. The molecule has 4 heteroatoms. The van der Waals surface area contributed by atoms with E-state index in [4.69, 9.17) is 0 Å². The molecule has 0 amide bonds. The van der Waals surface area contributed by atoms with E-state index >= 15 is 0 Å². The molecule has 0 bridgehead atoms. The van der Waals surface area contributed by atoms with E-state index in [2.05, 4.69) is 9.59 Å². The van der Waals surface area contributed by atoms with Crippen LogP contribution in [0.25, 0.3) is 0 Å². The topological polar surface area (TPSA) is 42.9 Å². The van der Waals surface area contributed by atoms with Crippen LogP contribution in [0, 0.1) is 13.8 Å². The van der Waals surface area contributed by atoms with Crippen molar-refractivity contribution in [3.05, 3.63) is 45.5 Å². The fraction of sp³-hybridized carbons (Fsp3) is 0.400. The lowest BCUT2D eigenvalue weighted by molar-refractivity contribution is 0.103. The van der Waals surface area contributed by atoms with Crippen molar-refractivity contribution in [3.8, 4) is 0 Å². The minimum Gasteiger partial charge on any atom is -0.288 e. The molecule has 0 aliphatic rings. The summed E-state index contributed by atoms with van der Waals surface area (Å²) in [6, 6.07) is 5.88. The molecule has 1 heterocycles. The second-order valence-electron chi connectivity index (χ2n) is 5.85. The fourth-order valence-corrected chi connectivity index (χ4v) is 2.85. The van der Waals surface area contributed by atoms with Gasteiger partial charge in [-0.15, -0.1) is 5.10 Å². The average molecular weight is 274 g/mol. The van der Waals surface area contributed by atoms with Gasteiger partial charge in [0.25, 0.3) is 0 Å². The monoisotopic (exact) mass is 274 g/mol. The van der Waals surface area contributed by atoms with Crippen LogP contribution in [0.15, 0.2) is 18.2 Å². The highest BCUT2D eigenvalue weighted by molar-refractivity contribution is 7.08. The number of aromatic nitrogens is 2. The SMILES string of the molecule is Cc1ccc(C(=O)c2snnc2C(C)(C)C)c(C)c1. The number of hydrogen-bond acceptors (Lipinski definition) is 4. The quantitative estimate of drug-likeness (QED) is 0.784. The van der Waals surface area contributed by atoms with E-state index in [1.807, 2.05) is 52.8 Å². The number of rotatable bonds is 2. The third kappa shape index (κ3) is 2.73. The van der Waals surface area contributed by atoms with Gasteiger partial charge in [-0.3, -0.25) is 4.79 Å². The van der Waals surface area contributed by atoms with Crippen molar-refractivity contribution in [3.63, 3.8) is 0 Å². The van der Waals surface area contributed by atoms with Crippen molar-refractivity contribution in [1.29, 1.82) is 0 Å². The first kappa shape index (κ1) is 13.9. The van der Waals surface area contributed by atoms with Crippen LogP contribution in [0.3, 0.4) is 0 Å². The molecular formula is C15H18N2OS. The molecule has 1 aromatic heterocycles. The molecule has 0 atom stereocenters. The molecule has 0 unspecified atom stereocenters. The summed E-state index contributed by atoms with van der Waals surface area (Å²) in [5.41, 5.74) is 3.51. The van der Waals surface area contributed by atoms with Crippen molar-refractivity contribution in [1.82, 2.24) is 9.59 Å². The lowest BCUT2D eigenvalue weighted by atomic mass is 9.89. The zero-order chi connectivity index (χ0) is 14.2. The van der Waals surface area contributed by atoms with E-state index in [1.54, 1.807) is 0 Å². The van der Waals surface area contributed by atoms with Crippen molar-refractivity contribution in [2.75, 3.05) is 0 Å². The normalized spacial score (nSPS) is 11.6.